The van der Waals surface area contributed by atoms with Crippen LogP contribution in [0.1, 0.15) is 28.7 Å². The van der Waals surface area contributed by atoms with Crippen molar-refractivity contribution < 1.29 is 4.79 Å². The zero-order chi connectivity index (χ0) is 17.8. The summed E-state index contributed by atoms with van der Waals surface area (Å²) in [5.74, 6) is 0.0978. The summed E-state index contributed by atoms with van der Waals surface area (Å²) in [7, 11) is 0. The lowest BCUT2D eigenvalue weighted by atomic mass is 9.92. The van der Waals surface area contributed by atoms with E-state index in [1.165, 1.54) is 22.3 Å². The second-order valence-corrected chi connectivity index (χ2v) is 6.54. The van der Waals surface area contributed by atoms with Gasteiger partial charge in [-0.25, -0.2) is 0 Å². The van der Waals surface area contributed by atoms with Crippen LogP contribution in [-0.4, -0.2) is 10.9 Å². The molecule has 3 heteroatoms. The summed E-state index contributed by atoms with van der Waals surface area (Å²) in [5, 5.41) is 2.96. The molecule has 2 aromatic carbocycles. The largest absolute Gasteiger partial charge is 0.326 e. The topological polar surface area (TPSA) is 42.0 Å². The number of rotatable bonds is 4. The lowest BCUT2D eigenvalue weighted by Gasteiger charge is -2.18. The van der Waals surface area contributed by atoms with Crippen molar-refractivity contribution in [1.29, 1.82) is 0 Å². The van der Waals surface area contributed by atoms with E-state index in [2.05, 4.69) is 58.8 Å². The van der Waals surface area contributed by atoms with E-state index in [0.29, 0.717) is 6.42 Å². The molecule has 0 saturated heterocycles. The molecule has 0 fully saturated rings. The standard InChI is InChI=1S/C23H20N2O/c26-23-11-9-20-15-19(8-10-22(20)25-23)21(13-17-5-2-1-3-6-17)14-18-7-4-12-24-16-18/h1-8,10,12,14-16H,9,11,13H2,(H,25,26). The van der Waals surface area contributed by atoms with Gasteiger partial charge in [0.2, 0.25) is 5.91 Å². The van der Waals surface area contributed by atoms with Crippen LogP contribution in [0.5, 0.6) is 0 Å². The van der Waals surface area contributed by atoms with Crippen LogP contribution in [0.2, 0.25) is 0 Å². The fraction of sp³-hybridized carbons (Fsp3) is 0.130. The van der Waals surface area contributed by atoms with E-state index in [4.69, 9.17) is 0 Å². The molecule has 3 aromatic rings. The second-order valence-electron chi connectivity index (χ2n) is 6.54. The van der Waals surface area contributed by atoms with Crippen molar-refractivity contribution in [3.8, 4) is 0 Å². The Morgan fingerprint density at radius 1 is 1.04 bits per heavy atom. The number of aromatic nitrogens is 1. The summed E-state index contributed by atoms with van der Waals surface area (Å²) in [6, 6.07) is 20.8. The molecule has 4 rings (SSSR count). The maximum atomic E-state index is 11.6. The van der Waals surface area contributed by atoms with E-state index < -0.39 is 0 Å². The number of amides is 1. The Hall–Kier alpha value is -3.20. The predicted molar refractivity (Wildman–Crippen MR) is 106 cm³/mol. The number of nitrogens with one attached hydrogen (secondary N) is 1. The summed E-state index contributed by atoms with van der Waals surface area (Å²) in [4.78, 5) is 15.8. The fourth-order valence-electron chi connectivity index (χ4n) is 3.30. The lowest BCUT2D eigenvalue weighted by Crippen LogP contribution is -2.18. The smallest absolute Gasteiger partial charge is 0.224 e. The number of hydrogen-bond donors (Lipinski definition) is 1. The number of carbonyl (C=O) groups excluding carboxylic acids is 1. The Bertz CT molecular complexity index is 946. The van der Waals surface area contributed by atoms with Gasteiger partial charge in [-0.2, -0.15) is 0 Å². The first-order valence-electron chi connectivity index (χ1n) is 8.85. The average molecular weight is 340 g/mol. The minimum atomic E-state index is 0.0978. The van der Waals surface area contributed by atoms with Crippen LogP contribution >= 0.6 is 0 Å². The van der Waals surface area contributed by atoms with Crippen molar-refractivity contribution in [2.24, 2.45) is 0 Å². The van der Waals surface area contributed by atoms with E-state index >= 15 is 0 Å². The quantitative estimate of drug-likeness (QED) is 0.745. The molecule has 0 spiro atoms. The lowest BCUT2D eigenvalue weighted by molar-refractivity contribution is -0.116. The number of fused-ring (bicyclic) bond motifs is 1. The minimum absolute atomic E-state index is 0.0978. The van der Waals surface area contributed by atoms with Crippen molar-refractivity contribution in [2.45, 2.75) is 19.3 Å². The van der Waals surface area contributed by atoms with Gasteiger partial charge in [0.15, 0.2) is 0 Å². The summed E-state index contributed by atoms with van der Waals surface area (Å²) in [6.45, 7) is 0. The zero-order valence-electron chi connectivity index (χ0n) is 14.5. The summed E-state index contributed by atoms with van der Waals surface area (Å²) in [6.07, 6.45) is 8.06. The van der Waals surface area contributed by atoms with Gasteiger partial charge in [-0.1, -0.05) is 42.5 Å². The average Bonchev–Trinajstić information content (AvgIpc) is 2.69. The van der Waals surface area contributed by atoms with Crippen molar-refractivity contribution in [3.05, 3.63) is 95.3 Å². The number of benzene rings is 2. The Balaban J connectivity index is 1.73. The summed E-state index contributed by atoms with van der Waals surface area (Å²) in [5.41, 5.74) is 6.92. The van der Waals surface area contributed by atoms with Crippen LogP contribution in [0.3, 0.4) is 0 Å². The van der Waals surface area contributed by atoms with Crippen LogP contribution in [0.15, 0.2) is 73.1 Å². The van der Waals surface area contributed by atoms with Crippen LogP contribution < -0.4 is 5.32 Å². The molecule has 1 aromatic heterocycles. The molecule has 0 atom stereocenters. The van der Waals surface area contributed by atoms with Crippen LogP contribution in [0.4, 0.5) is 5.69 Å². The van der Waals surface area contributed by atoms with Crippen LogP contribution in [-0.2, 0) is 17.6 Å². The molecule has 0 unspecified atom stereocenters. The number of hydrogen-bond acceptors (Lipinski definition) is 2. The number of carbonyl (C=O) groups is 1. The van der Waals surface area contributed by atoms with Crippen molar-refractivity contribution in [1.82, 2.24) is 4.98 Å². The van der Waals surface area contributed by atoms with Gasteiger partial charge in [-0.15, -0.1) is 0 Å². The third kappa shape index (κ3) is 3.72. The Kier molecular flexibility index (Phi) is 4.61. The third-order valence-electron chi connectivity index (χ3n) is 4.63. The highest BCUT2D eigenvalue weighted by Gasteiger charge is 2.16. The van der Waals surface area contributed by atoms with Crippen LogP contribution in [0.25, 0.3) is 11.6 Å². The molecular weight excluding hydrogens is 320 g/mol. The molecule has 0 saturated carbocycles. The van der Waals surface area contributed by atoms with Gasteiger partial charge < -0.3 is 5.32 Å². The first-order valence-corrected chi connectivity index (χ1v) is 8.85. The van der Waals surface area contributed by atoms with Gasteiger partial charge in [0.05, 0.1) is 0 Å². The van der Waals surface area contributed by atoms with Gasteiger partial charge in [0.25, 0.3) is 0 Å². The Morgan fingerprint density at radius 2 is 1.92 bits per heavy atom. The van der Waals surface area contributed by atoms with E-state index in [1.807, 2.05) is 24.4 Å². The molecule has 1 aliphatic heterocycles. The van der Waals surface area contributed by atoms with Gasteiger partial charge in [0.1, 0.15) is 0 Å². The highest BCUT2D eigenvalue weighted by atomic mass is 16.1. The normalized spacial score (nSPS) is 13.8. The van der Waals surface area contributed by atoms with Gasteiger partial charge in [-0.05, 0) is 64.9 Å². The monoisotopic (exact) mass is 340 g/mol. The molecule has 1 amide bonds. The first kappa shape index (κ1) is 16.3. The molecule has 1 N–H and O–H groups in total. The third-order valence-corrected chi connectivity index (χ3v) is 4.63. The Morgan fingerprint density at radius 3 is 2.73 bits per heavy atom. The molecular formula is C23H20N2O. The summed E-state index contributed by atoms with van der Waals surface area (Å²) >= 11 is 0. The van der Waals surface area contributed by atoms with E-state index in [-0.39, 0.29) is 5.91 Å². The summed E-state index contributed by atoms with van der Waals surface area (Å²) < 4.78 is 0. The van der Waals surface area contributed by atoms with Gasteiger partial charge in [0, 0.05) is 24.5 Å². The number of aryl methyl sites for hydroxylation is 1. The predicted octanol–water partition coefficient (Wildman–Crippen LogP) is 4.75. The minimum Gasteiger partial charge on any atom is -0.326 e. The van der Waals surface area contributed by atoms with E-state index in [0.717, 1.165) is 24.1 Å². The maximum absolute atomic E-state index is 11.6. The molecule has 3 nitrogen and oxygen atoms in total. The molecule has 128 valence electrons. The van der Waals surface area contributed by atoms with Crippen molar-refractivity contribution >= 4 is 23.2 Å². The van der Waals surface area contributed by atoms with Gasteiger partial charge in [-0.3, -0.25) is 9.78 Å². The highest BCUT2D eigenvalue weighted by molar-refractivity contribution is 5.94. The fourth-order valence-corrected chi connectivity index (χ4v) is 3.30. The van der Waals surface area contributed by atoms with Crippen molar-refractivity contribution in [3.63, 3.8) is 0 Å². The maximum Gasteiger partial charge on any atom is 0.224 e. The number of allylic oxidation sites excluding steroid dienone is 1. The Labute approximate surface area is 153 Å². The molecule has 0 radical (unpaired) electrons. The molecule has 0 bridgehead atoms. The zero-order valence-corrected chi connectivity index (χ0v) is 14.5. The first-order chi connectivity index (χ1) is 12.8. The number of nitrogens with zero attached hydrogens (tertiary/aromatic N) is 1. The van der Waals surface area contributed by atoms with Gasteiger partial charge >= 0.3 is 0 Å². The van der Waals surface area contributed by atoms with Crippen molar-refractivity contribution in [2.75, 3.05) is 5.32 Å². The molecule has 26 heavy (non-hydrogen) atoms. The van der Waals surface area contributed by atoms with E-state index in [1.54, 1.807) is 6.20 Å². The van der Waals surface area contributed by atoms with E-state index in [9.17, 15) is 4.79 Å². The highest BCUT2D eigenvalue weighted by Crippen LogP contribution is 2.29. The number of anilines is 1. The SMILES string of the molecule is O=C1CCc2cc(C(=Cc3cccnc3)Cc3ccccc3)ccc2N1. The molecule has 0 aliphatic carbocycles. The molecule has 2 heterocycles. The number of pyridine rings is 1. The molecule has 1 aliphatic rings. The second kappa shape index (κ2) is 7.36. The van der Waals surface area contributed by atoms with Crippen LogP contribution in [0, 0.1) is 0 Å².